The van der Waals surface area contributed by atoms with Gasteiger partial charge >= 0.3 is 156 Å². The minimum absolute atomic E-state index is 0.0439. The molecule has 2 heterocycles. The van der Waals surface area contributed by atoms with E-state index in [0.29, 0.717) is 11.5 Å². The number of aromatic nitrogens is 2. The van der Waals surface area contributed by atoms with Gasteiger partial charge in [0.15, 0.2) is 0 Å². The fourth-order valence-corrected chi connectivity index (χ4v) is 4.83. The normalized spacial score (nSPS) is 11.7. The van der Waals surface area contributed by atoms with Crippen LogP contribution in [0.3, 0.4) is 0 Å². The van der Waals surface area contributed by atoms with Crippen LogP contribution in [-0.4, -0.2) is 32.3 Å². The molecule has 0 fully saturated rings. The Morgan fingerprint density at radius 1 is 1.00 bits per heavy atom. The van der Waals surface area contributed by atoms with Crippen LogP contribution < -0.4 is 9.67 Å². The van der Waals surface area contributed by atoms with Crippen LogP contribution in [0.15, 0.2) is 60.2 Å². The number of nitrogens with zero attached hydrogens (tertiary/aromatic N) is 2. The van der Waals surface area contributed by atoms with Crippen LogP contribution in [0.5, 0.6) is 0 Å². The number of thiophene rings is 1. The number of rotatable bonds is 4. The topological polar surface area (TPSA) is 95.3 Å². The van der Waals surface area contributed by atoms with E-state index >= 15 is 0 Å². The van der Waals surface area contributed by atoms with Crippen molar-refractivity contribution in [3.05, 3.63) is 65.8 Å². The van der Waals surface area contributed by atoms with Gasteiger partial charge in [0.05, 0.1) is 0 Å². The van der Waals surface area contributed by atoms with Gasteiger partial charge in [0, 0.05) is 0 Å². The molecule has 0 spiro atoms. The number of benzene rings is 2. The summed E-state index contributed by atoms with van der Waals surface area (Å²) in [4.78, 5) is 9.62. The van der Waals surface area contributed by atoms with E-state index in [-0.39, 0.29) is 4.35 Å². The third-order valence-electron chi connectivity index (χ3n) is 4.20. The van der Waals surface area contributed by atoms with E-state index in [1.807, 2.05) is 6.92 Å². The third-order valence-corrected chi connectivity index (χ3v) is 7.12. The Bertz CT molecular complexity index is 1150. The van der Waals surface area contributed by atoms with Crippen LogP contribution in [0.1, 0.15) is 5.56 Å². The first-order valence-corrected chi connectivity index (χ1v) is 12.4. The molecule has 3 N–H and O–H groups in total. The number of anilines is 2. The first-order chi connectivity index (χ1) is 12.9. The predicted octanol–water partition coefficient (Wildman–Crippen LogP) is 2.97. The first kappa shape index (κ1) is 17.9. The zero-order valence-electron chi connectivity index (χ0n) is 14.3. The average molecular weight is 441 g/mol. The second kappa shape index (κ2) is 6.94. The molecular weight excluding hydrogens is 425 g/mol. The molecule has 27 heavy (non-hydrogen) atoms. The summed E-state index contributed by atoms with van der Waals surface area (Å²) in [6.45, 7) is 2.05. The van der Waals surface area contributed by atoms with Crippen LogP contribution in [0.4, 0.5) is 11.5 Å². The summed E-state index contributed by atoms with van der Waals surface area (Å²) in [6.07, 6.45) is 1.51. The van der Waals surface area contributed by atoms with Gasteiger partial charge in [0.2, 0.25) is 0 Å². The van der Waals surface area contributed by atoms with Crippen LogP contribution in [0.2, 0.25) is 0 Å². The molecule has 0 aliphatic rings. The van der Waals surface area contributed by atoms with Gasteiger partial charge < -0.3 is 0 Å². The number of hydrogen-bond acceptors (Lipinski definition) is 5. The summed E-state index contributed by atoms with van der Waals surface area (Å²) in [6, 6.07) is 14.4. The van der Waals surface area contributed by atoms with E-state index in [1.165, 1.54) is 24.0 Å². The summed E-state index contributed by atoms with van der Waals surface area (Å²) in [5, 5.41) is 6.23. The van der Waals surface area contributed by atoms with E-state index in [0.717, 1.165) is 21.3 Å². The van der Waals surface area contributed by atoms with Crippen molar-refractivity contribution >= 4 is 51.6 Å². The van der Waals surface area contributed by atoms with Crippen molar-refractivity contribution in [2.24, 2.45) is 0 Å². The van der Waals surface area contributed by atoms with Gasteiger partial charge in [0.1, 0.15) is 0 Å². The minimum atomic E-state index is -4.88. The van der Waals surface area contributed by atoms with Gasteiger partial charge in [-0.25, -0.2) is 0 Å². The first-order valence-electron chi connectivity index (χ1n) is 8.14. The summed E-state index contributed by atoms with van der Waals surface area (Å²) >= 11 is -3.33. The standard InChI is InChI=1S/C19H16AsN3O3S/c1-12-2-4-13(5-3-12)16-10-27-19-17(16)18(21-11-22-19)23-15-8-6-14(7-9-15)20(24,25)26/h2-11H,1H3,(H,21,22,23)(H2,24,25,26). The molecular formula is C19H16AsN3O3S. The van der Waals surface area contributed by atoms with Gasteiger partial charge in [0.25, 0.3) is 0 Å². The monoisotopic (exact) mass is 441 g/mol. The number of nitrogens with one attached hydrogen (secondary N) is 1. The molecule has 0 saturated heterocycles. The second-order valence-corrected chi connectivity index (χ2v) is 10.4. The zero-order chi connectivity index (χ0) is 19.0. The number of hydrogen-bond donors (Lipinski definition) is 3. The molecule has 0 atom stereocenters. The SMILES string of the molecule is Cc1ccc(-c2csc3ncnc(Nc4ccc([As](=O)(O)O)cc4)c23)cc1. The molecule has 0 unspecified atom stereocenters. The Kier molecular flexibility index (Phi) is 4.61. The fraction of sp³-hybridized carbons (Fsp3) is 0.0526. The van der Waals surface area contributed by atoms with Crippen molar-refractivity contribution < 1.29 is 11.9 Å². The molecule has 2 aromatic heterocycles. The van der Waals surface area contributed by atoms with Crippen LogP contribution >= 0.6 is 11.3 Å². The maximum absolute atomic E-state index is 11.4. The Labute approximate surface area is 162 Å². The van der Waals surface area contributed by atoms with E-state index < -0.39 is 14.2 Å². The van der Waals surface area contributed by atoms with E-state index in [9.17, 15) is 11.9 Å². The molecule has 0 bridgehead atoms. The molecule has 2 aromatic carbocycles. The second-order valence-electron chi connectivity index (χ2n) is 6.13. The van der Waals surface area contributed by atoms with Gasteiger partial charge in [-0.15, -0.1) is 0 Å². The van der Waals surface area contributed by atoms with Crippen molar-refractivity contribution in [2.75, 3.05) is 5.32 Å². The van der Waals surface area contributed by atoms with Crippen LogP contribution in [0, 0.1) is 6.92 Å². The van der Waals surface area contributed by atoms with Crippen LogP contribution in [-0.2, 0) is 3.74 Å². The van der Waals surface area contributed by atoms with Crippen molar-refractivity contribution in [1.82, 2.24) is 9.97 Å². The molecule has 8 heteroatoms. The zero-order valence-corrected chi connectivity index (χ0v) is 17.0. The Balaban J connectivity index is 1.75. The van der Waals surface area contributed by atoms with Crippen molar-refractivity contribution in [2.45, 2.75) is 6.92 Å². The quantitative estimate of drug-likeness (QED) is 0.422. The van der Waals surface area contributed by atoms with Crippen molar-refractivity contribution in [3.8, 4) is 11.1 Å². The average Bonchev–Trinajstić information content (AvgIpc) is 3.07. The van der Waals surface area contributed by atoms with E-state index in [1.54, 1.807) is 23.5 Å². The molecule has 0 amide bonds. The molecule has 0 aliphatic heterocycles. The van der Waals surface area contributed by atoms with Crippen molar-refractivity contribution in [1.29, 1.82) is 0 Å². The van der Waals surface area contributed by atoms with Gasteiger partial charge in [-0.2, -0.15) is 0 Å². The molecule has 4 aromatic rings. The summed E-state index contributed by atoms with van der Waals surface area (Å²) in [7, 11) is 0. The molecule has 0 aliphatic carbocycles. The Hall–Kier alpha value is -2.44. The molecule has 0 radical (unpaired) electrons. The number of aryl methyl sites for hydroxylation is 1. The third kappa shape index (κ3) is 3.68. The van der Waals surface area contributed by atoms with E-state index in [4.69, 9.17) is 0 Å². The molecule has 0 saturated carbocycles. The summed E-state index contributed by atoms with van der Waals surface area (Å²) in [5.74, 6) is 0.658. The van der Waals surface area contributed by atoms with Gasteiger partial charge in [-0.3, -0.25) is 0 Å². The summed E-state index contributed by atoms with van der Waals surface area (Å²) in [5.41, 5.74) is 4.03. The van der Waals surface area contributed by atoms with Crippen molar-refractivity contribution in [3.63, 3.8) is 0 Å². The number of fused-ring (bicyclic) bond motifs is 1. The Morgan fingerprint density at radius 2 is 1.70 bits per heavy atom. The Morgan fingerprint density at radius 3 is 2.37 bits per heavy atom. The van der Waals surface area contributed by atoms with Crippen LogP contribution in [0.25, 0.3) is 21.3 Å². The van der Waals surface area contributed by atoms with Gasteiger partial charge in [-0.1, -0.05) is 0 Å². The molecule has 6 nitrogen and oxygen atoms in total. The predicted molar refractivity (Wildman–Crippen MR) is 108 cm³/mol. The maximum atomic E-state index is 11.4. The fourth-order valence-electron chi connectivity index (χ4n) is 2.79. The van der Waals surface area contributed by atoms with Gasteiger partial charge in [-0.05, 0) is 6.92 Å². The molecule has 136 valence electrons. The molecule has 4 rings (SSSR count). The van der Waals surface area contributed by atoms with E-state index in [2.05, 4.69) is 44.9 Å². The summed E-state index contributed by atoms with van der Waals surface area (Å²) < 4.78 is 30.0.